The molecule has 0 saturated heterocycles. The molecule has 1 aromatic heterocycles. The zero-order chi connectivity index (χ0) is 14.5. The van der Waals surface area contributed by atoms with E-state index in [1.165, 1.54) is 24.3 Å². The molecule has 1 N–H and O–H groups in total. The molecule has 7 nitrogen and oxygen atoms in total. The van der Waals surface area contributed by atoms with Crippen LogP contribution in [0.5, 0.6) is 0 Å². The molecule has 0 aliphatic rings. The molecule has 1 amide bonds. The molecule has 0 atom stereocenters. The second kappa shape index (κ2) is 6.46. The highest BCUT2D eigenvalue weighted by molar-refractivity contribution is 7.90. The predicted molar refractivity (Wildman–Crippen MR) is 72.9 cm³/mol. The van der Waals surface area contributed by atoms with Crippen molar-refractivity contribution in [3.05, 3.63) is 18.1 Å². The molecule has 19 heavy (non-hydrogen) atoms. The summed E-state index contributed by atoms with van der Waals surface area (Å²) < 4.78 is 22.1. The molecule has 1 heterocycles. The third-order valence-electron chi connectivity index (χ3n) is 2.37. The van der Waals surface area contributed by atoms with Crippen molar-refractivity contribution >= 4 is 21.6 Å². The van der Waals surface area contributed by atoms with Gasteiger partial charge in [0.15, 0.2) is 0 Å². The third-order valence-corrected chi connectivity index (χ3v) is 3.30. The molecule has 0 saturated carbocycles. The van der Waals surface area contributed by atoms with Crippen molar-refractivity contribution in [2.75, 3.05) is 37.5 Å². The first-order valence-corrected chi connectivity index (χ1v) is 7.88. The van der Waals surface area contributed by atoms with Crippen LogP contribution >= 0.6 is 0 Å². The first-order valence-electron chi connectivity index (χ1n) is 5.82. The zero-order valence-electron chi connectivity index (χ0n) is 11.3. The Hall–Kier alpha value is -1.70. The molecule has 0 aliphatic heterocycles. The van der Waals surface area contributed by atoms with Gasteiger partial charge in [-0.25, -0.2) is 18.4 Å². The normalized spacial score (nSPS) is 11.1. The van der Waals surface area contributed by atoms with Crippen LogP contribution in [0.1, 0.15) is 17.4 Å². The predicted octanol–water partition coefficient (Wildman–Crippen LogP) is 0.0250. The summed E-state index contributed by atoms with van der Waals surface area (Å²) in [5.74, 6) is 0.176. The summed E-state index contributed by atoms with van der Waals surface area (Å²) in [6, 6.07) is 0. The maximum Gasteiger partial charge on any atom is 0.273 e. The molecule has 0 bridgehead atoms. The van der Waals surface area contributed by atoms with Crippen LogP contribution in [0.2, 0.25) is 0 Å². The summed E-state index contributed by atoms with van der Waals surface area (Å²) in [4.78, 5) is 21.3. The van der Waals surface area contributed by atoms with Crippen molar-refractivity contribution in [2.24, 2.45) is 0 Å². The Bertz CT molecular complexity index is 527. The number of aromatic nitrogens is 2. The first-order chi connectivity index (χ1) is 8.83. The van der Waals surface area contributed by atoms with E-state index >= 15 is 0 Å². The summed E-state index contributed by atoms with van der Waals surface area (Å²) in [7, 11) is -1.55. The summed E-state index contributed by atoms with van der Waals surface area (Å²) >= 11 is 0. The largest absolute Gasteiger partial charge is 0.369 e. The Morgan fingerprint density at radius 1 is 1.37 bits per heavy atom. The molecule has 1 rings (SSSR count). The second-order valence-corrected chi connectivity index (χ2v) is 6.43. The number of carbonyl (C=O) groups excluding carboxylic acids is 1. The van der Waals surface area contributed by atoms with E-state index in [1.54, 1.807) is 0 Å². The molecule has 0 fully saturated rings. The highest BCUT2D eigenvalue weighted by atomic mass is 32.2. The highest BCUT2D eigenvalue weighted by Gasteiger charge is 2.15. The van der Waals surface area contributed by atoms with Gasteiger partial charge in [-0.2, -0.15) is 0 Å². The van der Waals surface area contributed by atoms with E-state index < -0.39 is 9.84 Å². The smallest absolute Gasteiger partial charge is 0.273 e. The van der Waals surface area contributed by atoms with Gasteiger partial charge in [-0.05, 0) is 6.92 Å². The molecule has 0 aliphatic carbocycles. The summed E-state index contributed by atoms with van der Waals surface area (Å²) in [6.07, 6.45) is 3.98. The number of carbonyl (C=O) groups is 1. The maximum atomic E-state index is 11.9. The van der Waals surface area contributed by atoms with E-state index in [1.807, 2.05) is 6.92 Å². The van der Waals surface area contributed by atoms with Gasteiger partial charge in [0, 0.05) is 26.4 Å². The van der Waals surface area contributed by atoms with Crippen LogP contribution < -0.4 is 5.32 Å². The van der Waals surface area contributed by atoms with Crippen LogP contribution in [-0.2, 0) is 9.84 Å². The van der Waals surface area contributed by atoms with Crippen molar-refractivity contribution in [3.8, 4) is 0 Å². The van der Waals surface area contributed by atoms with Gasteiger partial charge >= 0.3 is 0 Å². The zero-order valence-corrected chi connectivity index (χ0v) is 12.1. The molecule has 1 aromatic rings. The van der Waals surface area contributed by atoms with E-state index in [4.69, 9.17) is 0 Å². The number of hydrogen-bond acceptors (Lipinski definition) is 6. The Morgan fingerprint density at radius 2 is 2.05 bits per heavy atom. The minimum atomic E-state index is -3.09. The van der Waals surface area contributed by atoms with Crippen LogP contribution in [0.15, 0.2) is 12.4 Å². The number of amides is 1. The van der Waals surface area contributed by atoms with Crippen molar-refractivity contribution in [1.29, 1.82) is 0 Å². The number of hydrogen-bond donors (Lipinski definition) is 1. The summed E-state index contributed by atoms with van der Waals surface area (Å²) in [6.45, 7) is 2.78. The average Bonchev–Trinajstić information content (AvgIpc) is 2.35. The van der Waals surface area contributed by atoms with Gasteiger partial charge in [-0.15, -0.1) is 0 Å². The lowest BCUT2D eigenvalue weighted by Gasteiger charge is -2.15. The quantitative estimate of drug-likeness (QED) is 0.793. The SMILES string of the molecule is CCNc1cnc(C(=O)N(C)CCS(C)(=O)=O)cn1. The molecule has 106 valence electrons. The van der Waals surface area contributed by atoms with E-state index in [0.717, 1.165) is 12.8 Å². The van der Waals surface area contributed by atoms with Crippen LogP contribution in [0, 0.1) is 0 Å². The molecule has 0 unspecified atom stereocenters. The Kier molecular flexibility index (Phi) is 5.22. The molecule has 0 radical (unpaired) electrons. The highest BCUT2D eigenvalue weighted by Crippen LogP contribution is 2.03. The Labute approximate surface area is 113 Å². The Morgan fingerprint density at radius 3 is 2.53 bits per heavy atom. The fraction of sp³-hybridized carbons (Fsp3) is 0.545. The van der Waals surface area contributed by atoms with Gasteiger partial charge in [-0.1, -0.05) is 0 Å². The molecular weight excluding hydrogens is 268 g/mol. The van der Waals surface area contributed by atoms with E-state index in [2.05, 4.69) is 15.3 Å². The lowest BCUT2D eigenvalue weighted by Crippen LogP contribution is -2.32. The lowest BCUT2D eigenvalue weighted by atomic mass is 10.4. The van der Waals surface area contributed by atoms with E-state index in [0.29, 0.717) is 5.82 Å². The summed E-state index contributed by atoms with van der Waals surface area (Å²) in [5, 5.41) is 2.97. The molecular formula is C11H18N4O3S. The summed E-state index contributed by atoms with van der Waals surface area (Å²) in [5.41, 5.74) is 0.192. The van der Waals surface area contributed by atoms with Crippen molar-refractivity contribution in [1.82, 2.24) is 14.9 Å². The minimum absolute atomic E-state index is 0.0713. The Balaban J connectivity index is 2.66. The van der Waals surface area contributed by atoms with Crippen molar-refractivity contribution in [2.45, 2.75) is 6.92 Å². The van der Waals surface area contributed by atoms with Gasteiger partial charge < -0.3 is 10.2 Å². The fourth-order valence-electron chi connectivity index (χ4n) is 1.31. The van der Waals surface area contributed by atoms with Gasteiger partial charge in [0.05, 0.1) is 18.1 Å². The van der Waals surface area contributed by atoms with E-state index in [-0.39, 0.29) is 23.9 Å². The third kappa shape index (κ3) is 5.21. The second-order valence-electron chi connectivity index (χ2n) is 4.17. The standard InChI is InChI=1S/C11H18N4O3S/c1-4-12-10-8-13-9(7-14-10)11(16)15(2)5-6-19(3,17)18/h7-8H,4-6H2,1-3H3,(H,12,14). The number of sulfone groups is 1. The number of nitrogens with zero attached hydrogens (tertiary/aromatic N) is 3. The van der Waals surface area contributed by atoms with Gasteiger partial charge in [0.2, 0.25) is 0 Å². The van der Waals surface area contributed by atoms with Crippen LogP contribution in [0.25, 0.3) is 0 Å². The van der Waals surface area contributed by atoms with Crippen molar-refractivity contribution in [3.63, 3.8) is 0 Å². The molecule has 0 spiro atoms. The molecule has 0 aromatic carbocycles. The topological polar surface area (TPSA) is 92.3 Å². The van der Waals surface area contributed by atoms with E-state index in [9.17, 15) is 13.2 Å². The molecule has 8 heteroatoms. The number of nitrogens with one attached hydrogen (secondary N) is 1. The monoisotopic (exact) mass is 286 g/mol. The fourth-order valence-corrected chi connectivity index (χ4v) is 1.92. The van der Waals surface area contributed by atoms with Crippen LogP contribution in [-0.4, -0.2) is 61.3 Å². The maximum absolute atomic E-state index is 11.9. The van der Waals surface area contributed by atoms with Gasteiger partial charge in [-0.3, -0.25) is 4.79 Å². The first kappa shape index (κ1) is 15.4. The van der Waals surface area contributed by atoms with Crippen molar-refractivity contribution < 1.29 is 13.2 Å². The number of rotatable bonds is 6. The van der Waals surface area contributed by atoms with Gasteiger partial charge in [0.1, 0.15) is 21.3 Å². The minimum Gasteiger partial charge on any atom is -0.369 e. The lowest BCUT2D eigenvalue weighted by molar-refractivity contribution is 0.0797. The average molecular weight is 286 g/mol. The number of anilines is 1. The van der Waals surface area contributed by atoms with Gasteiger partial charge in [0.25, 0.3) is 5.91 Å². The van der Waals surface area contributed by atoms with Crippen LogP contribution in [0.4, 0.5) is 5.82 Å². The van der Waals surface area contributed by atoms with Crippen LogP contribution in [0.3, 0.4) is 0 Å².